The molecule has 3 heterocycles. The number of pyridine rings is 1. The second-order valence-electron chi connectivity index (χ2n) is 6.65. The number of hydrogen-bond acceptors (Lipinski definition) is 5. The number of amides is 1. The molecule has 2 fully saturated rings. The summed E-state index contributed by atoms with van der Waals surface area (Å²) < 4.78 is 5.40. The molecule has 0 radical (unpaired) electrons. The third-order valence-electron chi connectivity index (χ3n) is 5.04. The van der Waals surface area contributed by atoms with E-state index in [9.17, 15) is 4.79 Å². The molecule has 1 aromatic carbocycles. The summed E-state index contributed by atoms with van der Waals surface area (Å²) in [5.74, 6) is 0.0697. The van der Waals surface area contributed by atoms with E-state index in [2.05, 4.69) is 39.0 Å². The van der Waals surface area contributed by atoms with Gasteiger partial charge in [0.25, 0.3) is 5.91 Å². The molecular weight excluding hydrogens is 328 g/mol. The van der Waals surface area contributed by atoms with Gasteiger partial charge in [-0.1, -0.05) is 18.2 Å². The molecule has 0 spiro atoms. The summed E-state index contributed by atoms with van der Waals surface area (Å²) in [6, 6.07) is 12.3. The molecule has 2 aromatic rings. The van der Waals surface area contributed by atoms with E-state index in [1.54, 1.807) is 6.20 Å². The van der Waals surface area contributed by atoms with Crippen molar-refractivity contribution in [3.05, 3.63) is 54.4 Å². The van der Waals surface area contributed by atoms with E-state index < -0.39 is 0 Å². The summed E-state index contributed by atoms with van der Waals surface area (Å²) in [6.07, 6.45) is 3.51. The number of morpholine rings is 1. The molecule has 6 heteroatoms. The molecule has 0 unspecified atom stereocenters. The van der Waals surface area contributed by atoms with Crippen LogP contribution in [0.5, 0.6) is 0 Å². The zero-order chi connectivity index (χ0) is 17.8. The van der Waals surface area contributed by atoms with Crippen LogP contribution < -0.4 is 9.80 Å². The fourth-order valence-corrected chi connectivity index (χ4v) is 3.53. The summed E-state index contributed by atoms with van der Waals surface area (Å²) in [5.41, 5.74) is 2.89. The molecule has 0 bridgehead atoms. The molecular formula is C20H24N4O2. The maximum atomic E-state index is 12.9. The van der Waals surface area contributed by atoms with Gasteiger partial charge in [0.2, 0.25) is 0 Å². The van der Waals surface area contributed by atoms with Crippen molar-refractivity contribution >= 4 is 17.3 Å². The molecule has 2 saturated heterocycles. The lowest BCUT2D eigenvalue weighted by atomic mass is 10.2. The van der Waals surface area contributed by atoms with Crippen molar-refractivity contribution in [2.45, 2.75) is 0 Å². The molecule has 0 aliphatic carbocycles. The van der Waals surface area contributed by atoms with Gasteiger partial charge < -0.3 is 19.4 Å². The van der Waals surface area contributed by atoms with Crippen molar-refractivity contribution in [1.82, 2.24) is 9.88 Å². The Morgan fingerprint density at radius 2 is 1.54 bits per heavy atom. The van der Waals surface area contributed by atoms with Crippen LogP contribution in [0, 0.1) is 0 Å². The maximum absolute atomic E-state index is 12.9. The number of rotatable bonds is 3. The number of benzene rings is 1. The van der Waals surface area contributed by atoms with Crippen LogP contribution in [0.3, 0.4) is 0 Å². The predicted octanol–water partition coefficient (Wildman–Crippen LogP) is 1.88. The number of nitrogens with zero attached hydrogens (tertiary/aromatic N) is 4. The Morgan fingerprint density at radius 3 is 2.27 bits per heavy atom. The average Bonchev–Trinajstić information content (AvgIpc) is 2.75. The lowest BCUT2D eigenvalue weighted by molar-refractivity contribution is 0.0746. The minimum absolute atomic E-state index is 0.0697. The van der Waals surface area contributed by atoms with E-state index in [0.717, 1.165) is 58.2 Å². The van der Waals surface area contributed by atoms with E-state index in [1.807, 2.05) is 23.2 Å². The first-order chi connectivity index (χ1) is 12.8. The van der Waals surface area contributed by atoms with Gasteiger partial charge in [0.05, 0.1) is 30.7 Å². The normalized spacial score (nSPS) is 18.1. The minimum Gasteiger partial charge on any atom is -0.378 e. The third kappa shape index (κ3) is 3.65. The average molecular weight is 352 g/mol. The molecule has 0 N–H and O–H groups in total. The number of anilines is 2. The van der Waals surface area contributed by atoms with Crippen LogP contribution in [-0.4, -0.2) is 68.3 Å². The molecule has 2 aliphatic rings. The highest BCUT2D eigenvalue weighted by Crippen LogP contribution is 2.19. The van der Waals surface area contributed by atoms with Crippen LogP contribution in [0.15, 0.2) is 48.8 Å². The van der Waals surface area contributed by atoms with Crippen molar-refractivity contribution in [1.29, 1.82) is 0 Å². The largest absolute Gasteiger partial charge is 0.378 e. The van der Waals surface area contributed by atoms with Gasteiger partial charge in [-0.2, -0.15) is 0 Å². The molecule has 0 saturated carbocycles. The quantitative estimate of drug-likeness (QED) is 0.844. The van der Waals surface area contributed by atoms with Crippen molar-refractivity contribution < 1.29 is 9.53 Å². The topological polar surface area (TPSA) is 48.9 Å². The Bertz CT molecular complexity index is 738. The van der Waals surface area contributed by atoms with E-state index in [1.165, 1.54) is 5.69 Å². The highest BCUT2D eigenvalue weighted by molar-refractivity contribution is 5.95. The minimum atomic E-state index is 0.0697. The first kappa shape index (κ1) is 16.8. The smallest absolute Gasteiger partial charge is 0.255 e. The molecule has 0 atom stereocenters. The number of hydrogen-bond donors (Lipinski definition) is 0. The Labute approximate surface area is 154 Å². The first-order valence-electron chi connectivity index (χ1n) is 9.18. The van der Waals surface area contributed by atoms with Crippen molar-refractivity contribution in [3.8, 4) is 0 Å². The Balaban J connectivity index is 1.40. The molecule has 4 rings (SSSR count). The van der Waals surface area contributed by atoms with Crippen LogP contribution in [0.1, 0.15) is 10.4 Å². The van der Waals surface area contributed by atoms with Crippen LogP contribution >= 0.6 is 0 Å². The monoisotopic (exact) mass is 352 g/mol. The second-order valence-corrected chi connectivity index (χ2v) is 6.65. The number of aromatic nitrogens is 1. The van der Waals surface area contributed by atoms with Gasteiger partial charge in [0.1, 0.15) is 0 Å². The third-order valence-corrected chi connectivity index (χ3v) is 5.04. The van der Waals surface area contributed by atoms with Crippen molar-refractivity contribution in [2.75, 3.05) is 62.3 Å². The number of carbonyl (C=O) groups excluding carboxylic acids is 1. The number of para-hydroxylation sites is 1. The van der Waals surface area contributed by atoms with Crippen molar-refractivity contribution in [3.63, 3.8) is 0 Å². The van der Waals surface area contributed by atoms with Gasteiger partial charge in [-0.25, -0.2) is 0 Å². The zero-order valence-electron chi connectivity index (χ0n) is 14.9. The summed E-state index contributed by atoms with van der Waals surface area (Å²) >= 11 is 0. The van der Waals surface area contributed by atoms with Crippen LogP contribution in [-0.2, 0) is 4.74 Å². The first-order valence-corrected chi connectivity index (χ1v) is 9.18. The van der Waals surface area contributed by atoms with E-state index in [-0.39, 0.29) is 5.91 Å². The number of piperazine rings is 1. The molecule has 6 nitrogen and oxygen atoms in total. The lowest BCUT2D eigenvalue weighted by Gasteiger charge is -2.36. The molecule has 1 aromatic heterocycles. The predicted molar refractivity (Wildman–Crippen MR) is 102 cm³/mol. The fourth-order valence-electron chi connectivity index (χ4n) is 3.53. The zero-order valence-corrected chi connectivity index (χ0v) is 14.9. The lowest BCUT2D eigenvalue weighted by Crippen LogP contribution is -2.48. The van der Waals surface area contributed by atoms with Gasteiger partial charge in [0.15, 0.2) is 0 Å². The van der Waals surface area contributed by atoms with Gasteiger partial charge in [-0.15, -0.1) is 0 Å². The highest BCUT2D eigenvalue weighted by atomic mass is 16.5. The summed E-state index contributed by atoms with van der Waals surface area (Å²) in [5, 5.41) is 0. The van der Waals surface area contributed by atoms with E-state index in [0.29, 0.717) is 5.56 Å². The van der Waals surface area contributed by atoms with Gasteiger partial charge in [-0.05, 0) is 18.2 Å². The SMILES string of the molecule is O=C(c1cncc(N2CCOCC2)c1)N1CCN(c2ccccc2)CC1. The molecule has 26 heavy (non-hydrogen) atoms. The van der Waals surface area contributed by atoms with Gasteiger partial charge in [-0.3, -0.25) is 9.78 Å². The maximum Gasteiger partial charge on any atom is 0.255 e. The molecule has 1 amide bonds. The molecule has 2 aliphatic heterocycles. The Morgan fingerprint density at radius 1 is 0.846 bits per heavy atom. The summed E-state index contributed by atoms with van der Waals surface area (Å²) in [6.45, 7) is 6.30. The van der Waals surface area contributed by atoms with Crippen LogP contribution in [0.2, 0.25) is 0 Å². The van der Waals surface area contributed by atoms with Gasteiger partial charge in [0, 0.05) is 51.2 Å². The van der Waals surface area contributed by atoms with E-state index in [4.69, 9.17) is 4.74 Å². The number of carbonyl (C=O) groups is 1. The Kier molecular flexibility index (Phi) is 5.02. The Hall–Kier alpha value is -2.60. The second kappa shape index (κ2) is 7.74. The van der Waals surface area contributed by atoms with E-state index >= 15 is 0 Å². The molecule has 136 valence electrons. The van der Waals surface area contributed by atoms with Crippen LogP contribution in [0.4, 0.5) is 11.4 Å². The standard InChI is InChI=1S/C20H24N4O2/c25-20(17-14-19(16-21-15-17)23-10-12-26-13-11-23)24-8-6-22(7-9-24)18-4-2-1-3-5-18/h1-5,14-16H,6-13H2. The fraction of sp³-hybridized carbons (Fsp3) is 0.400. The summed E-state index contributed by atoms with van der Waals surface area (Å²) in [4.78, 5) is 23.7. The van der Waals surface area contributed by atoms with Crippen molar-refractivity contribution in [2.24, 2.45) is 0 Å². The summed E-state index contributed by atoms with van der Waals surface area (Å²) in [7, 11) is 0. The van der Waals surface area contributed by atoms with Crippen LogP contribution in [0.25, 0.3) is 0 Å². The highest BCUT2D eigenvalue weighted by Gasteiger charge is 2.23. The van der Waals surface area contributed by atoms with Gasteiger partial charge >= 0.3 is 0 Å². The number of ether oxygens (including phenoxy) is 1.